The molecule has 2 aliphatic rings. The van der Waals surface area contributed by atoms with E-state index in [0.717, 1.165) is 11.1 Å². The third kappa shape index (κ3) is 4.77. The topological polar surface area (TPSA) is 0 Å². The molecular weight excluding hydrogens is 643 g/mol. The average Bonchev–Trinajstić information content (AvgIpc) is 3.61. The van der Waals surface area contributed by atoms with E-state index in [1.807, 2.05) is 0 Å². The number of halogens is 2. The maximum atomic E-state index is 8.84. The molecule has 0 nitrogen and oxygen atoms in total. The van der Waals surface area contributed by atoms with Gasteiger partial charge in [-0.25, -0.2) is 0 Å². The standard InChI is InChI=1S/C21H25.C13H11.C5H5.CH2.2ClH.Zr/c1-20(2,3)16-7-9-18-14(12-16)11-15-13-17(21(4,5)6)8-10-19(15)18;1-3-7-12(8-4-1)11-13-9-5-2-6-10-13;1-2-4-5-3-1;;;;/h7-13H,1-6H3;1-11H;1-5H;1H2;2*1H;/q;;;;;;+2/p-2. The van der Waals surface area contributed by atoms with E-state index < -0.39 is 14.4 Å². The molecule has 0 bridgehead atoms. The first-order valence-corrected chi connectivity index (χ1v) is 27.8. The first kappa shape index (κ1) is 30.7. The molecule has 4 aromatic carbocycles. The van der Waals surface area contributed by atoms with Crippen LogP contribution < -0.4 is 0 Å². The zero-order valence-electron chi connectivity index (χ0n) is 26.2. The maximum absolute atomic E-state index is 8.84. The molecule has 0 amide bonds. The Morgan fingerprint density at radius 2 is 1.00 bits per heavy atom. The molecule has 43 heavy (non-hydrogen) atoms. The Kier molecular flexibility index (Phi) is 7.03. The van der Waals surface area contributed by atoms with Crippen LogP contribution in [-0.4, -0.2) is 4.21 Å². The summed E-state index contributed by atoms with van der Waals surface area (Å²) >= 11 is -6.15. The summed E-state index contributed by atoms with van der Waals surface area (Å²) in [7, 11) is 17.7. The summed E-state index contributed by atoms with van der Waals surface area (Å²) in [6.45, 7) is 13.6. The molecule has 0 radical (unpaired) electrons. The van der Waals surface area contributed by atoms with Crippen LogP contribution in [0.5, 0.6) is 0 Å². The van der Waals surface area contributed by atoms with Crippen LogP contribution in [0.3, 0.4) is 0 Å². The SMILES string of the molecule is [CH2]=[Zr]([Cl])([Cl])([CH]1C=CC=C1)([CH](c1ccccc1)c1ccccc1)[CH]1c2cc(C(C)(C)C)ccc2-c2ccc(C(C)(C)C)cc21. The molecule has 0 N–H and O–H groups in total. The molecule has 221 valence electrons. The van der Waals surface area contributed by atoms with Crippen molar-refractivity contribution >= 4 is 21.2 Å². The van der Waals surface area contributed by atoms with Gasteiger partial charge in [0.05, 0.1) is 0 Å². The van der Waals surface area contributed by atoms with Crippen molar-refractivity contribution in [3.63, 3.8) is 0 Å². The number of rotatable bonds is 5. The van der Waals surface area contributed by atoms with Crippen LogP contribution in [0.25, 0.3) is 11.1 Å². The molecule has 3 heteroatoms. The van der Waals surface area contributed by atoms with Gasteiger partial charge in [-0.3, -0.25) is 0 Å². The van der Waals surface area contributed by atoms with Crippen LogP contribution >= 0.6 is 17.0 Å². The summed E-state index contributed by atoms with van der Waals surface area (Å²) in [5.41, 5.74) is 9.61. The predicted octanol–water partition coefficient (Wildman–Crippen LogP) is 12.0. The van der Waals surface area contributed by atoms with Gasteiger partial charge < -0.3 is 0 Å². The second-order valence-electron chi connectivity index (χ2n) is 15.2. The molecule has 0 fully saturated rings. The molecule has 0 atom stereocenters. The van der Waals surface area contributed by atoms with Crippen LogP contribution in [0.1, 0.15) is 82.2 Å². The monoisotopic (exact) mass is 683 g/mol. The van der Waals surface area contributed by atoms with Gasteiger partial charge in [-0.15, -0.1) is 0 Å². The van der Waals surface area contributed by atoms with E-state index in [9.17, 15) is 0 Å². The van der Waals surface area contributed by atoms with Crippen molar-refractivity contribution in [2.24, 2.45) is 0 Å². The van der Waals surface area contributed by atoms with Crippen LogP contribution in [0.2, 0.25) is 3.63 Å². The average molecular weight is 686 g/mol. The van der Waals surface area contributed by atoms with Gasteiger partial charge in [-0.05, 0) is 0 Å². The van der Waals surface area contributed by atoms with Gasteiger partial charge in [0.2, 0.25) is 0 Å². The van der Waals surface area contributed by atoms with Gasteiger partial charge in [-0.2, -0.15) is 0 Å². The van der Waals surface area contributed by atoms with Crippen LogP contribution in [-0.2, 0) is 25.3 Å². The van der Waals surface area contributed by atoms with Crippen molar-refractivity contribution < 1.29 is 14.4 Å². The second-order valence-corrected chi connectivity index (χ2v) is 44.3. The van der Waals surface area contributed by atoms with E-state index in [4.69, 9.17) is 21.2 Å². The molecule has 0 saturated carbocycles. The van der Waals surface area contributed by atoms with Crippen molar-refractivity contribution in [3.05, 3.63) is 155 Å². The van der Waals surface area contributed by atoms with Crippen molar-refractivity contribution in [1.82, 2.24) is 0 Å². The van der Waals surface area contributed by atoms with Crippen molar-refractivity contribution in [3.8, 4) is 11.1 Å². The Labute approximate surface area is 262 Å². The summed E-state index contributed by atoms with van der Waals surface area (Å²) in [5, 5.41) is 0. The third-order valence-corrected chi connectivity index (χ3v) is 34.1. The predicted molar refractivity (Wildman–Crippen MR) is 187 cm³/mol. The fourth-order valence-electron chi connectivity index (χ4n) is 7.85. The molecule has 4 aromatic rings. The number of hydrogen-bond acceptors (Lipinski definition) is 0. The third-order valence-electron chi connectivity index (χ3n) is 10.1. The summed E-state index contributed by atoms with van der Waals surface area (Å²) < 4.78 is 4.61. The van der Waals surface area contributed by atoms with E-state index in [1.165, 1.54) is 33.4 Å². The molecule has 0 unspecified atom stereocenters. The zero-order chi connectivity index (χ0) is 30.9. The Balaban J connectivity index is 1.81. The van der Waals surface area contributed by atoms with Gasteiger partial charge in [0, 0.05) is 0 Å². The minimum absolute atomic E-state index is 0.0339. The fraction of sp³-hybridized carbons (Fsp3) is 0.275. The number of hydrogen-bond donors (Lipinski definition) is 0. The Bertz CT molecular complexity index is 1740. The van der Waals surface area contributed by atoms with Gasteiger partial charge in [0.1, 0.15) is 0 Å². The molecular formula is C40H43Cl2Zr. The van der Waals surface area contributed by atoms with Crippen molar-refractivity contribution in [2.45, 2.75) is 63.2 Å². The van der Waals surface area contributed by atoms with E-state index in [2.05, 4.69) is 163 Å². The molecule has 0 spiro atoms. The zero-order valence-corrected chi connectivity index (χ0v) is 30.2. The van der Waals surface area contributed by atoms with Gasteiger partial charge in [-0.1, -0.05) is 0 Å². The summed E-state index contributed by atoms with van der Waals surface area (Å²) in [6, 6.07) is 35.3. The van der Waals surface area contributed by atoms with E-state index in [1.54, 1.807) is 0 Å². The Hall–Kier alpha value is -2.31. The molecule has 2 aliphatic carbocycles. The van der Waals surface area contributed by atoms with Crippen LogP contribution in [0.4, 0.5) is 0 Å². The molecule has 0 aliphatic heterocycles. The Morgan fingerprint density at radius 1 is 0.605 bits per heavy atom. The Morgan fingerprint density at radius 3 is 1.37 bits per heavy atom. The first-order valence-electron chi connectivity index (χ1n) is 15.5. The summed E-state index contributed by atoms with van der Waals surface area (Å²) in [6.07, 6.45) is 8.66. The van der Waals surface area contributed by atoms with E-state index >= 15 is 0 Å². The fourth-order valence-corrected chi connectivity index (χ4v) is 31.5. The van der Waals surface area contributed by atoms with Crippen molar-refractivity contribution in [2.75, 3.05) is 0 Å². The number of allylic oxidation sites excluding steroid dienone is 4. The molecule has 0 aromatic heterocycles. The molecule has 0 saturated heterocycles. The number of benzene rings is 4. The quantitative estimate of drug-likeness (QED) is 0.196. The van der Waals surface area contributed by atoms with Gasteiger partial charge in [0.25, 0.3) is 0 Å². The minimum atomic E-state index is -6.15. The molecule has 6 rings (SSSR count). The van der Waals surface area contributed by atoms with E-state index in [0.29, 0.717) is 0 Å². The van der Waals surface area contributed by atoms with Gasteiger partial charge in [0.15, 0.2) is 0 Å². The molecule has 0 heterocycles. The first-order chi connectivity index (χ1) is 20.1. The van der Waals surface area contributed by atoms with Gasteiger partial charge >= 0.3 is 265 Å². The van der Waals surface area contributed by atoms with Crippen LogP contribution in [0.15, 0.2) is 121 Å². The second kappa shape index (κ2) is 9.85. The normalized spacial score (nSPS) is 17.1. The van der Waals surface area contributed by atoms with Crippen LogP contribution in [0, 0.1) is 0 Å². The number of fused-ring (bicyclic) bond motifs is 3. The summed E-state index contributed by atoms with van der Waals surface area (Å²) in [4.78, 5) is 0. The summed E-state index contributed by atoms with van der Waals surface area (Å²) in [5.74, 6) is 0. The van der Waals surface area contributed by atoms with Crippen molar-refractivity contribution in [1.29, 1.82) is 0 Å². The van der Waals surface area contributed by atoms with E-state index in [-0.39, 0.29) is 21.7 Å².